The number of hydrogen-bond donors (Lipinski definition) is 1. The summed E-state index contributed by atoms with van der Waals surface area (Å²) >= 11 is 5.28. The SMILES string of the molecule is Cc1nn(C)c2c1[nH]c(=S)n2C1CC(=O)N(C)C1=O. The molecule has 2 aromatic heterocycles. The number of aromatic amines is 1. The van der Waals surface area contributed by atoms with Gasteiger partial charge in [-0.2, -0.15) is 5.10 Å². The molecule has 7 nitrogen and oxygen atoms in total. The molecule has 1 aliphatic rings. The van der Waals surface area contributed by atoms with Gasteiger partial charge >= 0.3 is 0 Å². The molecule has 0 aromatic carbocycles. The second kappa shape index (κ2) is 3.77. The molecule has 8 heteroatoms. The lowest BCUT2D eigenvalue weighted by molar-refractivity contribution is -0.137. The third kappa shape index (κ3) is 1.49. The Morgan fingerprint density at radius 1 is 1.37 bits per heavy atom. The molecule has 1 N–H and O–H groups in total. The number of nitrogens with one attached hydrogen (secondary N) is 1. The Bertz CT molecular complexity index is 768. The van der Waals surface area contributed by atoms with Crippen LogP contribution in [0.1, 0.15) is 18.2 Å². The van der Waals surface area contributed by atoms with Crippen LogP contribution in [0.3, 0.4) is 0 Å². The van der Waals surface area contributed by atoms with E-state index >= 15 is 0 Å². The van der Waals surface area contributed by atoms with E-state index in [2.05, 4.69) is 10.1 Å². The van der Waals surface area contributed by atoms with E-state index < -0.39 is 6.04 Å². The van der Waals surface area contributed by atoms with Gasteiger partial charge in [-0.3, -0.25) is 23.7 Å². The average molecular weight is 279 g/mol. The third-order valence-electron chi connectivity index (χ3n) is 3.54. The molecule has 3 heterocycles. The van der Waals surface area contributed by atoms with Crippen molar-refractivity contribution >= 4 is 35.2 Å². The van der Waals surface area contributed by atoms with Crippen molar-refractivity contribution in [2.75, 3.05) is 7.05 Å². The van der Waals surface area contributed by atoms with Gasteiger partial charge in [-0.25, -0.2) is 0 Å². The van der Waals surface area contributed by atoms with Crippen LogP contribution in [-0.2, 0) is 16.6 Å². The van der Waals surface area contributed by atoms with E-state index in [0.717, 1.165) is 21.8 Å². The number of imidazole rings is 1. The van der Waals surface area contributed by atoms with Crippen LogP contribution in [0.2, 0.25) is 0 Å². The van der Waals surface area contributed by atoms with E-state index in [4.69, 9.17) is 12.2 Å². The lowest BCUT2D eigenvalue weighted by Crippen LogP contribution is -2.27. The first-order valence-electron chi connectivity index (χ1n) is 5.86. The zero-order valence-electron chi connectivity index (χ0n) is 10.8. The Balaban J connectivity index is 2.26. The van der Waals surface area contributed by atoms with Gasteiger partial charge < -0.3 is 4.98 Å². The first-order chi connectivity index (χ1) is 8.91. The van der Waals surface area contributed by atoms with E-state index in [-0.39, 0.29) is 18.2 Å². The van der Waals surface area contributed by atoms with E-state index in [1.165, 1.54) is 7.05 Å². The summed E-state index contributed by atoms with van der Waals surface area (Å²) in [7, 11) is 3.28. The fourth-order valence-corrected chi connectivity index (χ4v) is 2.87. The van der Waals surface area contributed by atoms with Crippen LogP contribution in [0.25, 0.3) is 11.2 Å². The van der Waals surface area contributed by atoms with Gasteiger partial charge in [-0.05, 0) is 19.1 Å². The summed E-state index contributed by atoms with van der Waals surface area (Å²) in [4.78, 5) is 28.0. The van der Waals surface area contributed by atoms with Crippen LogP contribution in [0.5, 0.6) is 0 Å². The molecule has 19 heavy (non-hydrogen) atoms. The first-order valence-corrected chi connectivity index (χ1v) is 6.27. The van der Waals surface area contributed by atoms with Crippen molar-refractivity contribution in [2.24, 2.45) is 7.05 Å². The minimum atomic E-state index is -0.575. The second-order valence-corrected chi connectivity index (χ2v) is 5.11. The summed E-state index contributed by atoms with van der Waals surface area (Å²) in [5.74, 6) is -0.425. The van der Waals surface area contributed by atoms with Crippen LogP contribution in [0.15, 0.2) is 0 Å². The molecule has 1 saturated heterocycles. The highest BCUT2D eigenvalue weighted by Crippen LogP contribution is 2.28. The highest BCUT2D eigenvalue weighted by molar-refractivity contribution is 7.71. The van der Waals surface area contributed by atoms with Crippen LogP contribution in [0, 0.1) is 11.7 Å². The molecule has 1 unspecified atom stereocenters. The number of amides is 2. The summed E-state index contributed by atoms with van der Waals surface area (Å²) in [6, 6.07) is -0.575. The van der Waals surface area contributed by atoms with Gasteiger partial charge in [0.1, 0.15) is 11.6 Å². The highest BCUT2D eigenvalue weighted by Gasteiger charge is 2.39. The van der Waals surface area contributed by atoms with Gasteiger partial charge in [0, 0.05) is 14.1 Å². The number of imide groups is 1. The molecule has 0 saturated carbocycles. The van der Waals surface area contributed by atoms with Crippen molar-refractivity contribution in [1.29, 1.82) is 0 Å². The summed E-state index contributed by atoms with van der Waals surface area (Å²) in [5.41, 5.74) is 2.36. The molecule has 1 atom stereocenters. The van der Waals surface area contributed by atoms with E-state index in [1.54, 1.807) is 16.3 Å². The molecule has 2 amide bonds. The minimum absolute atomic E-state index is 0.140. The predicted molar refractivity (Wildman–Crippen MR) is 70.1 cm³/mol. The number of aryl methyl sites for hydroxylation is 2. The maximum atomic E-state index is 12.1. The molecule has 0 bridgehead atoms. The standard InChI is InChI=1S/C11H13N5O2S/c1-5-8-9(15(3)13-5)16(11(19)12-8)6-4-7(17)14(2)10(6)18/h6H,4H2,1-3H3,(H,12,19). The Kier molecular flexibility index (Phi) is 2.40. The van der Waals surface area contributed by atoms with Crippen molar-refractivity contribution in [1.82, 2.24) is 24.2 Å². The van der Waals surface area contributed by atoms with Crippen LogP contribution < -0.4 is 0 Å². The number of aromatic nitrogens is 4. The summed E-state index contributed by atoms with van der Waals surface area (Å²) in [6.45, 7) is 1.87. The number of fused-ring (bicyclic) bond motifs is 1. The number of likely N-dealkylation sites (tertiary alicyclic amines) is 1. The van der Waals surface area contributed by atoms with Crippen molar-refractivity contribution in [3.63, 3.8) is 0 Å². The molecule has 1 aliphatic heterocycles. The number of carbonyl (C=O) groups is 2. The highest BCUT2D eigenvalue weighted by atomic mass is 32.1. The Labute approximate surface area is 113 Å². The number of rotatable bonds is 1. The van der Waals surface area contributed by atoms with Crippen LogP contribution in [0.4, 0.5) is 0 Å². The van der Waals surface area contributed by atoms with Gasteiger partial charge in [-0.15, -0.1) is 0 Å². The largest absolute Gasteiger partial charge is 0.328 e. The Hall–Kier alpha value is -1.96. The summed E-state index contributed by atoms with van der Waals surface area (Å²) in [6.07, 6.45) is 0.140. The van der Waals surface area contributed by atoms with Crippen molar-refractivity contribution in [3.8, 4) is 0 Å². The van der Waals surface area contributed by atoms with Crippen molar-refractivity contribution in [2.45, 2.75) is 19.4 Å². The van der Waals surface area contributed by atoms with E-state index in [1.807, 2.05) is 6.92 Å². The minimum Gasteiger partial charge on any atom is -0.328 e. The van der Waals surface area contributed by atoms with Gasteiger partial charge in [0.2, 0.25) is 5.91 Å². The Morgan fingerprint density at radius 2 is 2.05 bits per heavy atom. The molecule has 100 valence electrons. The first kappa shape index (κ1) is 12.1. The average Bonchev–Trinajstić information content (AvgIpc) is 2.90. The molecule has 1 fully saturated rings. The van der Waals surface area contributed by atoms with Gasteiger partial charge in [0.15, 0.2) is 10.4 Å². The number of H-pyrrole nitrogens is 1. The van der Waals surface area contributed by atoms with Crippen molar-refractivity contribution < 1.29 is 9.59 Å². The fraction of sp³-hybridized carbons (Fsp3) is 0.455. The predicted octanol–water partition coefficient (Wildman–Crippen LogP) is 0.671. The van der Waals surface area contributed by atoms with Crippen molar-refractivity contribution in [3.05, 3.63) is 10.5 Å². The molecule has 0 spiro atoms. The van der Waals surface area contributed by atoms with Crippen LogP contribution in [-0.4, -0.2) is 43.1 Å². The van der Waals surface area contributed by atoms with Crippen LogP contribution >= 0.6 is 12.2 Å². The molecular formula is C11H13N5O2S. The lowest BCUT2D eigenvalue weighted by Gasteiger charge is -2.11. The maximum absolute atomic E-state index is 12.1. The zero-order valence-corrected chi connectivity index (χ0v) is 11.6. The maximum Gasteiger partial charge on any atom is 0.252 e. The summed E-state index contributed by atoms with van der Waals surface area (Å²) < 4.78 is 3.80. The van der Waals surface area contributed by atoms with E-state index in [0.29, 0.717) is 4.77 Å². The third-order valence-corrected chi connectivity index (χ3v) is 3.84. The Morgan fingerprint density at radius 3 is 2.63 bits per heavy atom. The normalized spacial score (nSPS) is 19.9. The van der Waals surface area contributed by atoms with Gasteiger partial charge in [0.05, 0.1) is 12.1 Å². The monoisotopic (exact) mass is 279 g/mol. The quantitative estimate of drug-likeness (QED) is 0.615. The molecule has 0 radical (unpaired) electrons. The zero-order chi connectivity index (χ0) is 13.9. The number of carbonyl (C=O) groups excluding carboxylic acids is 2. The van der Waals surface area contributed by atoms with Gasteiger partial charge in [-0.1, -0.05) is 0 Å². The number of hydrogen-bond acceptors (Lipinski definition) is 4. The molecular weight excluding hydrogens is 266 g/mol. The smallest absolute Gasteiger partial charge is 0.252 e. The fourth-order valence-electron chi connectivity index (χ4n) is 2.56. The molecule has 2 aromatic rings. The lowest BCUT2D eigenvalue weighted by atomic mass is 10.2. The molecule has 3 rings (SSSR count). The molecule has 0 aliphatic carbocycles. The second-order valence-electron chi connectivity index (χ2n) is 4.72. The topological polar surface area (TPSA) is 75.9 Å². The summed E-state index contributed by atoms with van der Waals surface area (Å²) in [5, 5.41) is 4.29. The number of nitrogens with zero attached hydrogens (tertiary/aromatic N) is 4. The number of likely N-dealkylation sites (N-methyl/N-ethyl adjacent to an activating group) is 1. The van der Waals surface area contributed by atoms with Gasteiger partial charge in [0.25, 0.3) is 5.91 Å². The van der Waals surface area contributed by atoms with E-state index in [9.17, 15) is 9.59 Å².